The molecule has 0 aliphatic carbocycles. The maximum Gasteiger partial charge on any atom is 0.163 e. The van der Waals surface area contributed by atoms with Gasteiger partial charge in [0.25, 0.3) is 0 Å². The maximum atomic E-state index is 5.29. The first kappa shape index (κ1) is 17.6. The standard InChI is InChI=1S/C22H22N6O/c1-29-16-8-15(9-23-11-16)21-27-20-13-24-12-18(20)22(28-21)25-7-6-14-10-26-19-5-3-2-4-17(14)19/h2-5,8-11,24,26H,6-7,12-13H2,1H3,(H,25,27,28). The van der Waals surface area contributed by atoms with Crippen LogP contribution in [0.25, 0.3) is 22.3 Å². The quantitative estimate of drug-likeness (QED) is 0.471. The van der Waals surface area contributed by atoms with E-state index in [0.717, 1.165) is 48.7 Å². The first-order chi connectivity index (χ1) is 14.3. The number of anilines is 1. The van der Waals surface area contributed by atoms with Crippen molar-refractivity contribution in [1.29, 1.82) is 0 Å². The predicted octanol–water partition coefficient (Wildman–Crippen LogP) is 3.29. The number of hydrogen-bond donors (Lipinski definition) is 3. The van der Waals surface area contributed by atoms with Crippen LogP contribution in [-0.2, 0) is 19.5 Å². The first-order valence-corrected chi connectivity index (χ1v) is 9.70. The zero-order valence-electron chi connectivity index (χ0n) is 16.2. The lowest BCUT2D eigenvalue weighted by Crippen LogP contribution is -2.10. The van der Waals surface area contributed by atoms with E-state index in [2.05, 4.69) is 45.0 Å². The van der Waals surface area contributed by atoms with Crippen LogP contribution < -0.4 is 15.4 Å². The summed E-state index contributed by atoms with van der Waals surface area (Å²) in [5.41, 5.74) is 5.49. The molecule has 3 N–H and O–H groups in total. The van der Waals surface area contributed by atoms with Crippen LogP contribution in [0.3, 0.4) is 0 Å². The molecule has 0 unspecified atom stereocenters. The minimum Gasteiger partial charge on any atom is -0.495 e. The van der Waals surface area contributed by atoms with E-state index in [1.165, 1.54) is 16.5 Å². The van der Waals surface area contributed by atoms with E-state index >= 15 is 0 Å². The molecule has 0 radical (unpaired) electrons. The highest BCUT2D eigenvalue weighted by Crippen LogP contribution is 2.27. The number of ether oxygens (including phenoxy) is 1. The molecule has 7 nitrogen and oxygen atoms in total. The van der Waals surface area contributed by atoms with Crippen molar-refractivity contribution in [3.8, 4) is 17.1 Å². The van der Waals surface area contributed by atoms with Gasteiger partial charge in [0.05, 0.1) is 19.0 Å². The molecule has 3 aromatic heterocycles. The largest absolute Gasteiger partial charge is 0.495 e. The minimum absolute atomic E-state index is 0.661. The van der Waals surface area contributed by atoms with Crippen molar-refractivity contribution in [1.82, 2.24) is 25.3 Å². The number of rotatable bonds is 6. The molecule has 4 heterocycles. The van der Waals surface area contributed by atoms with Crippen molar-refractivity contribution in [3.63, 3.8) is 0 Å². The molecule has 0 saturated carbocycles. The van der Waals surface area contributed by atoms with E-state index in [4.69, 9.17) is 14.7 Å². The van der Waals surface area contributed by atoms with Crippen molar-refractivity contribution in [2.24, 2.45) is 0 Å². The summed E-state index contributed by atoms with van der Waals surface area (Å²) in [6, 6.07) is 10.3. The van der Waals surface area contributed by atoms with Gasteiger partial charge in [-0.05, 0) is 24.1 Å². The normalized spacial score (nSPS) is 12.9. The van der Waals surface area contributed by atoms with Gasteiger partial charge in [-0.15, -0.1) is 0 Å². The van der Waals surface area contributed by atoms with Crippen LogP contribution >= 0.6 is 0 Å². The number of para-hydroxylation sites is 1. The molecule has 1 aliphatic rings. The molecule has 29 heavy (non-hydrogen) atoms. The fraction of sp³-hybridized carbons (Fsp3) is 0.227. The number of hydrogen-bond acceptors (Lipinski definition) is 6. The zero-order chi connectivity index (χ0) is 19.6. The van der Waals surface area contributed by atoms with Gasteiger partial charge in [-0.3, -0.25) is 4.98 Å². The van der Waals surface area contributed by atoms with Gasteiger partial charge in [0, 0.05) is 54.1 Å². The Morgan fingerprint density at radius 3 is 3.00 bits per heavy atom. The predicted molar refractivity (Wildman–Crippen MR) is 113 cm³/mol. The second kappa shape index (κ2) is 7.52. The van der Waals surface area contributed by atoms with Gasteiger partial charge in [0.2, 0.25) is 0 Å². The summed E-state index contributed by atoms with van der Waals surface area (Å²) in [4.78, 5) is 17.1. The Morgan fingerprint density at radius 1 is 1.14 bits per heavy atom. The van der Waals surface area contributed by atoms with Crippen LogP contribution in [0.5, 0.6) is 5.75 Å². The molecule has 4 aromatic rings. The number of methoxy groups -OCH3 is 1. The van der Waals surface area contributed by atoms with Crippen LogP contribution in [-0.4, -0.2) is 33.6 Å². The van der Waals surface area contributed by atoms with E-state index in [0.29, 0.717) is 11.6 Å². The Kier molecular flexibility index (Phi) is 4.57. The molecule has 0 atom stereocenters. The van der Waals surface area contributed by atoms with Gasteiger partial charge in [-0.2, -0.15) is 0 Å². The van der Waals surface area contributed by atoms with Crippen molar-refractivity contribution in [2.75, 3.05) is 19.0 Å². The average Bonchev–Trinajstić information content (AvgIpc) is 3.41. The Bertz CT molecular complexity index is 1170. The third kappa shape index (κ3) is 3.40. The molecule has 0 spiro atoms. The van der Waals surface area contributed by atoms with Crippen LogP contribution in [0.15, 0.2) is 48.9 Å². The number of aromatic amines is 1. The maximum absolute atomic E-state index is 5.29. The van der Waals surface area contributed by atoms with E-state index in [-0.39, 0.29) is 0 Å². The first-order valence-electron chi connectivity index (χ1n) is 9.70. The molecule has 0 bridgehead atoms. The molecule has 1 aromatic carbocycles. The van der Waals surface area contributed by atoms with Crippen molar-refractivity contribution in [3.05, 3.63) is 65.7 Å². The van der Waals surface area contributed by atoms with Gasteiger partial charge in [0.1, 0.15) is 11.6 Å². The SMILES string of the molecule is COc1cncc(-c2nc3c(c(NCCc4c[nH]c5ccccc45)n2)CNC3)c1. The highest BCUT2D eigenvalue weighted by molar-refractivity contribution is 5.83. The van der Waals surface area contributed by atoms with Crippen LogP contribution in [0.2, 0.25) is 0 Å². The van der Waals surface area contributed by atoms with Gasteiger partial charge < -0.3 is 20.4 Å². The number of H-pyrrole nitrogens is 1. The van der Waals surface area contributed by atoms with Crippen LogP contribution in [0.4, 0.5) is 5.82 Å². The topological polar surface area (TPSA) is 87.8 Å². The fourth-order valence-corrected chi connectivity index (χ4v) is 3.75. The highest BCUT2D eigenvalue weighted by Gasteiger charge is 2.20. The Labute approximate surface area is 168 Å². The van der Waals surface area contributed by atoms with Crippen molar-refractivity contribution < 1.29 is 4.74 Å². The van der Waals surface area contributed by atoms with Gasteiger partial charge in [-0.25, -0.2) is 9.97 Å². The molecule has 146 valence electrons. The summed E-state index contributed by atoms with van der Waals surface area (Å²) < 4.78 is 5.29. The smallest absolute Gasteiger partial charge is 0.163 e. The van der Waals surface area contributed by atoms with E-state index in [9.17, 15) is 0 Å². The van der Waals surface area contributed by atoms with Crippen molar-refractivity contribution >= 4 is 16.7 Å². The molecule has 7 heteroatoms. The summed E-state index contributed by atoms with van der Waals surface area (Å²) in [7, 11) is 1.63. The summed E-state index contributed by atoms with van der Waals surface area (Å²) in [6.07, 6.45) is 6.44. The Morgan fingerprint density at radius 2 is 2.07 bits per heavy atom. The molecule has 0 saturated heterocycles. The lowest BCUT2D eigenvalue weighted by atomic mass is 10.1. The summed E-state index contributed by atoms with van der Waals surface area (Å²) in [5, 5.41) is 8.17. The average molecular weight is 386 g/mol. The fourth-order valence-electron chi connectivity index (χ4n) is 3.75. The number of nitrogens with one attached hydrogen (secondary N) is 3. The summed E-state index contributed by atoms with van der Waals surface area (Å²) in [6.45, 7) is 2.32. The number of fused-ring (bicyclic) bond motifs is 2. The lowest BCUT2D eigenvalue weighted by Gasteiger charge is -2.12. The second-order valence-corrected chi connectivity index (χ2v) is 7.07. The molecule has 0 fully saturated rings. The van der Waals surface area contributed by atoms with E-state index < -0.39 is 0 Å². The minimum atomic E-state index is 0.661. The Hall–Kier alpha value is -3.45. The number of pyridine rings is 1. The van der Waals surface area contributed by atoms with Crippen LogP contribution in [0, 0.1) is 0 Å². The number of nitrogens with zero attached hydrogens (tertiary/aromatic N) is 3. The number of benzene rings is 1. The molecular formula is C22H22N6O. The molecule has 1 aliphatic heterocycles. The molecular weight excluding hydrogens is 364 g/mol. The monoisotopic (exact) mass is 386 g/mol. The molecule has 0 amide bonds. The number of aromatic nitrogens is 4. The van der Waals surface area contributed by atoms with Crippen LogP contribution in [0.1, 0.15) is 16.8 Å². The third-order valence-corrected chi connectivity index (χ3v) is 5.26. The van der Waals surface area contributed by atoms with E-state index in [1.807, 2.05) is 12.1 Å². The Balaban J connectivity index is 1.40. The van der Waals surface area contributed by atoms with Gasteiger partial charge in [0.15, 0.2) is 5.82 Å². The van der Waals surface area contributed by atoms with Gasteiger partial charge >= 0.3 is 0 Å². The second-order valence-electron chi connectivity index (χ2n) is 7.07. The zero-order valence-corrected chi connectivity index (χ0v) is 16.2. The van der Waals surface area contributed by atoms with Gasteiger partial charge in [-0.1, -0.05) is 18.2 Å². The summed E-state index contributed by atoms with van der Waals surface area (Å²) >= 11 is 0. The highest BCUT2D eigenvalue weighted by atomic mass is 16.5. The van der Waals surface area contributed by atoms with Crippen molar-refractivity contribution in [2.45, 2.75) is 19.5 Å². The third-order valence-electron chi connectivity index (χ3n) is 5.26. The molecule has 5 rings (SSSR count). The van der Waals surface area contributed by atoms with E-state index in [1.54, 1.807) is 19.5 Å². The summed E-state index contributed by atoms with van der Waals surface area (Å²) in [5.74, 6) is 2.24. The lowest BCUT2D eigenvalue weighted by molar-refractivity contribution is 0.413.